The molecule has 0 bridgehead atoms. The molecule has 0 unspecified atom stereocenters. The van der Waals surface area contributed by atoms with Crippen LogP contribution in [0.3, 0.4) is 0 Å². The first-order chi connectivity index (χ1) is 16.8. The monoisotopic (exact) mass is 494 g/mol. The Bertz CT molecular complexity index is 1420. The highest BCUT2D eigenvalue weighted by Crippen LogP contribution is 2.35. The predicted molar refractivity (Wildman–Crippen MR) is 132 cm³/mol. The summed E-state index contributed by atoms with van der Waals surface area (Å²) in [5.74, 6) is -0.470. The lowest BCUT2D eigenvalue weighted by Gasteiger charge is -2.30. The van der Waals surface area contributed by atoms with Crippen LogP contribution >= 0.6 is 0 Å². The van der Waals surface area contributed by atoms with E-state index < -0.39 is 21.8 Å². The second-order valence-electron chi connectivity index (χ2n) is 8.74. The molecule has 5 rings (SSSR count). The normalized spacial score (nSPS) is 16.6. The maximum Gasteiger partial charge on any atom is 0.265 e. The van der Waals surface area contributed by atoms with Crippen molar-refractivity contribution in [1.29, 1.82) is 0 Å². The molecule has 1 aromatic heterocycles. The molecular formula is C25H26N4O5S. The van der Waals surface area contributed by atoms with Gasteiger partial charge in [0.2, 0.25) is 15.9 Å². The molecule has 1 N–H and O–H groups in total. The topological polar surface area (TPSA) is 109 Å². The van der Waals surface area contributed by atoms with E-state index in [2.05, 4.69) is 10.3 Å². The van der Waals surface area contributed by atoms with Gasteiger partial charge in [-0.3, -0.25) is 19.5 Å². The highest BCUT2D eigenvalue weighted by Gasteiger charge is 2.32. The van der Waals surface area contributed by atoms with E-state index in [1.54, 1.807) is 12.1 Å². The Balaban J connectivity index is 1.42. The van der Waals surface area contributed by atoms with Gasteiger partial charge in [0, 0.05) is 24.2 Å². The fourth-order valence-electron chi connectivity index (χ4n) is 4.51. The van der Waals surface area contributed by atoms with Crippen LogP contribution in [-0.4, -0.2) is 55.8 Å². The van der Waals surface area contributed by atoms with Crippen LogP contribution in [0.5, 0.6) is 5.75 Å². The SMILES string of the molecule is Cc1cc(NC(=O)CN2C(=O)COc3ccc(S(=O)(=O)N4CCCCC4)cc32)c2ccccc2n1. The number of fused-ring (bicyclic) bond motifs is 2. The summed E-state index contributed by atoms with van der Waals surface area (Å²) in [5, 5.41) is 3.67. The van der Waals surface area contributed by atoms with Crippen molar-refractivity contribution in [2.24, 2.45) is 0 Å². The zero-order valence-corrected chi connectivity index (χ0v) is 20.2. The molecule has 1 fully saturated rings. The molecule has 3 aromatic rings. The molecule has 2 aliphatic rings. The minimum atomic E-state index is -3.71. The van der Waals surface area contributed by atoms with Crippen LogP contribution in [-0.2, 0) is 19.6 Å². The third kappa shape index (κ3) is 4.59. The molecule has 0 spiro atoms. The number of ether oxygens (including phenoxy) is 1. The zero-order valence-electron chi connectivity index (χ0n) is 19.4. The van der Waals surface area contributed by atoms with E-state index in [1.165, 1.54) is 21.3 Å². The molecule has 2 aromatic carbocycles. The highest BCUT2D eigenvalue weighted by molar-refractivity contribution is 7.89. The summed E-state index contributed by atoms with van der Waals surface area (Å²) < 4.78 is 33.3. The van der Waals surface area contributed by atoms with E-state index >= 15 is 0 Å². The Morgan fingerprint density at radius 3 is 2.66 bits per heavy atom. The molecule has 2 amide bonds. The number of benzene rings is 2. The number of rotatable bonds is 5. The molecule has 9 nitrogen and oxygen atoms in total. The summed E-state index contributed by atoms with van der Waals surface area (Å²) in [4.78, 5) is 31.6. The number of aromatic nitrogens is 1. The molecule has 2 aliphatic heterocycles. The zero-order chi connectivity index (χ0) is 24.6. The molecule has 1 saturated heterocycles. The van der Waals surface area contributed by atoms with E-state index in [0.717, 1.165) is 35.9 Å². The van der Waals surface area contributed by atoms with Gasteiger partial charge in [-0.15, -0.1) is 0 Å². The van der Waals surface area contributed by atoms with E-state index in [1.807, 2.05) is 31.2 Å². The van der Waals surface area contributed by atoms with Crippen molar-refractivity contribution in [3.63, 3.8) is 0 Å². The van der Waals surface area contributed by atoms with Gasteiger partial charge in [0.25, 0.3) is 5.91 Å². The van der Waals surface area contributed by atoms with Gasteiger partial charge in [0.05, 0.1) is 21.8 Å². The van der Waals surface area contributed by atoms with Crippen molar-refractivity contribution < 1.29 is 22.7 Å². The Labute approximate surface area is 203 Å². The Kier molecular flexibility index (Phi) is 6.16. The first-order valence-electron chi connectivity index (χ1n) is 11.6. The summed E-state index contributed by atoms with van der Waals surface area (Å²) in [6, 6.07) is 13.7. The van der Waals surface area contributed by atoms with Gasteiger partial charge in [0.15, 0.2) is 6.61 Å². The van der Waals surface area contributed by atoms with E-state index in [-0.39, 0.29) is 23.7 Å². The molecule has 0 radical (unpaired) electrons. The number of amides is 2. The molecule has 0 aliphatic carbocycles. The number of pyridine rings is 1. The summed E-state index contributed by atoms with van der Waals surface area (Å²) in [5.41, 5.74) is 2.37. The molecule has 0 atom stereocenters. The van der Waals surface area contributed by atoms with Gasteiger partial charge in [0.1, 0.15) is 12.3 Å². The van der Waals surface area contributed by atoms with Crippen molar-refractivity contribution in [2.45, 2.75) is 31.1 Å². The largest absolute Gasteiger partial charge is 0.482 e. The number of carbonyl (C=O) groups is 2. The van der Waals surface area contributed by atoms with Crippen LogP contribution in [0.4, 0.5) is 11.4 Å². The van der Waals surface area contributed by atoms with E-state index in [0.29, 0.717) is 24.5 Å². The second-order valence-corrected chi connectivity index (χ2v) is 10.7. The Morgan fingerprint density at radius 1 is 1.09 bits per heavy atom. The molecule has 10 heteroatoms. The predicted octanol–water partition coefficient (Wildman–Crippen LogP) is 3.08. The Hall–Kier alpha value is -3.50. The van der Waals surface area contributed by atoms with Gasteiger partial charge in [-0.1, -0.05) is 24.6 Å². The number of carbonyl (C=O) groups excluding carboxylic acids is 2. The first kappa shape index (κ1) is 23.3. The number of anilines is 2. The fraction of sp³-hybridized carbons (Fsp3) is 0.320. The number of hydrogen-bond donors (Lipinski definition) is 1. The van der Waals surface area contributed by atoms with Crippen molar-refractivity contribution in [2.75, 3.05) is 36.5 Å². The lowest BCUT2D eigenvalue weighted by atomic mass is 10.1. The molecule has 3 heterocycles. The molecule has 0 saturated carbocycles. The Morgan fingerprint density at radius 2 is 1.86 bits per heavy atom. The minimum absolute atomic E-state index is 0.0811. The molecule has 182 valence electrons. The van der Waals surface area contributed by atoms with Crippen molar-refractivity contribution >= 4 is 44.1 Å². The van der Waals surface area contributed by atoms with Gasteiger partial charge >= 0.3 is 0 Å². The first-order valence-corrected chi connectivity index (χ1v) is 13.0. The smallest absolute Gasteiger partial charge is 0.265 e. The summed E-state index contributed by atoms with van der Waals surface area (Å²) >= 11 is 0. The number of sulfonamides is 1. The summed E-state index contributed by atoms with van der Waals surface area (Å²) in [6.07, 6.45) is 2.65. The lowest BCUT2D eigenvalue weighted by Crippen LogP contribution is -2.43. The van der Waals surface area contributed by atoms with Gasteiger partial charge in [-0.2, -0.15) is 4.31 Å². The molecular weight excluding hydrogens is 468 g/mol. The van der Waals surface area contributed by atoms with Gasteiger partial charge < -0.3 is 10.1 Å². The van der Waals surface area contributed by atoms with Crippen molar-refractivity contribution in [3.05, 3.63) is 54.2 Å². The van der Waals surface area contributed by atoms with Crippen LogP contribution in [0.2, 0.25) is 0 Å². The van der Waals surface area contributed by atoms with Gasteiger partial charge in [-0.25, -0.2) is 8.42 Å². The standard InChI is InChI=1S/C25H26N4O5S/c1-17-13-21(19-7-3-4-8-20(19)26-17)27-24(30)15-29-22-14-18(9-10-23(22)34-16-25(29)31)35(32,33)28-11-5-2-6-12-28/h3-4,7-10,13-14H,2,5-6,11-12,15-16H2,1H3,(H,26,27,30). The maximum absolute atomic E-state index is 13.2. The van der Waals surface area contributed by atoms with Gasteiger partial charge in [-0.05, 0) is 50.1 Å². The maximum atomic E-state index is 13.2. The number of para-hydroxylation sites is 1. The number of nitrogens with one attached hydrogen (secondary N) is 1. The number of hydrogen-bond acceptors (Lipinski definition) is 6. The van der Waals surface area contributed by atoms with Crippen molar-refractivity contribution in [3.8, 4) is 5.75 Å². The van der Waals surface area contributed by atoms with Crippen LogP contribution in [0.15, 0.2) is 53.4 Å². The van der Waals surface area contributed by atoms with Crippen LogP contribution in [0, 0.1) is 6.92 Å². The highest BCUT2D eigenvalue weighted by atomic mass is 32.2. The van der Waals surface area contributed by atoms with Crippen LogP contribution in [0.1, 0.15) is 25.0 Å². The molecule has 35 heavy (non-hydrogen) atoms. The van der Waals surface area contributed by atoms with Crippen LogP contribution in [0.25, 0.3) is 10.9 Å². The lowest BCUT2D eigenvalue weighted by molar-refractivity contribution is -0.123. The number of aryl methyl sites for hydroxylation is 1. The van der Waals surface area contributed by atoms with E-state index in [9.17, 15) is 18.0 Å². The van der Waals surface area contributed by atoms with Crippen molar-refractivity contribution in [1.82, 2.24) is 9.29 Å². The number of piperidine rings is 1. The average molecular weight is 495 g/mol. The second kappa shape index (κ2) is 9.27. The average Bonchev–Trinajstić information content (AvgIpc) is 2.86. The summed E-state index contributed by atoms with van der Waals surface area (Å²) in [7, 11) is -3.71. The van der Waals surface area contributed by atoms with E-state index in [4.69, 9.17) is 4.74 Å². The fourth-order valence-corrected chi connectivity index (χ4v) is 6.05. The number of nitrogens with zero attached hydrogens (tertiary/aromatic N) is 3. The minimum Gasteiger partial charge on any atom is -0.482 e. The van der Waals surface area contributed by atoms with Crippen LogP contribution < -0.4 is 15.0 Å². The third-order valence-electron chi connectivity index (χ3n) is 6.25. The third-order valence-corrected chi connectivity index (χ3v) is 8.14. The summed E-state index contributed by atoms with van der Waals surface area (Å²) in [6.45, 7) is 2.28. The quantitative estimate of drug-likeness (QED) is 0.584.